The Morgan fingerprint density at radius 2 is 2.11 bits per heavy atom. The smallest absolute Gasteiger partial charge is 0.101 e. The molecular formula is C14H14BrClN2S. The van der Waals surface area contributed by atoms with Gasteiger partial charge < -0.3 is 5.32 Å². The highest BCUT2D eigenvalue weighted by molar-refractivity contribution is 9.10. The van der Waals surface area contributed by atoms with Gasteiger partial charge in [0, 0.05) is 26.6 Å². The fraction of sp³-hybridized carbons (Fsp3) is 0.214. The Bertz CT molecular complexity index is 560. The summed E-state index contributed by atoms with van der Waals surface area (Å²) in [6, 6.07) is 10.3. The molecule has 0 aliphatic heterocycles. The van der Waals surface area contributed by atoms with Crippen molar-refractivity contribution in [2.45, 2.75) is 22.9 Å². The molecule has 1 N–H and O–H groups in total. The molecule has 5 heteroatoms. The molecule has 0 aliphatic carbocycles. The Hall–Kier alpha value is -0.550. The van der Waals surface area contributed by atoms with Crippen LogP contribution in [0.5, 0.6) is 0 Å². The van der Waals surface area contributed by atoms with Gasteiger partial charge in [-0.2, -0.15) is 0 Å². The van der Waals surface area contributed by atoms with E-state index in [-0.39, 0.29) is 6.04 Å². The number of hydrogen-bond acceptors (Lipinski definition) is 3. The van der Waals surface area contributed by atoms with Crippen LogP contribution in [0.25, 0.3) is 0 Å². The topological polar surface area (TPSA) is 24.9 Å². The molecule has 0 bridgehead atoms. The van der Waals surface area contributed by atoms with Gasteiger partial charge in [0.25, 0.3) is 0 Å². The molecule has 1 aromatic heterocycles. The number of nitrogens with one attached hydrogen (secondary N) is 1. The van der Waals surface area contributed by atoms with E-state index in [1.165, 1.54) is 0 Å². The van der Waals surface area contributed by atoms with Crippen LogP contribution in [0.2, 0.25) is 5.02 Å². The zero-order valence-electron chi connectivity index (χ0n) is 10.7. The van der Waals surface area contributed by atoms with Crippen molar-refractivity contribution in [3.8, 4) is 0 Å². The lowest BCUT2D eigenvalue weighted by Gasteiger charge is -2.13. The van der Waals surface area contributed by atoms with E-state index < -0.39 is 0 Å². The van der Waals surface area contributed by atoms with Crippen molar-refractivity contribution in [3.05, 3.63) is 51.6 Å². The molecule has 0 fully saturated rings. The van der Waals surface area contributed by atoms with E-state index in [0.29, 0.717) is 0 Å². The Labute approximate surface area is 131 Å². The number of rotatable bonds is 4. The number of halogens is 2. The van der Waals surface area contributed by atoms with Gasteiger partial charge in [-0.1, -0.05) is 29.4 Å². The summed E-state index contributed by atoms with van der Waals surface area (Å²) in [5, 5.41) is 4.92. The average Bonchev–Trinajstić information content (AvgIpc) is 2.41. The lowest BCUT2D eigenvalue weighted by Crippen LogP contribution is -2.12. The highest BCUT2D eigenvalue weighted by Crippen LogP contribution is 2.32. The monoisotopic (exact) mass is 356 g/mol. The number of aromatic nitrogens is 1. The third kappa shape index (κ3) is 3.96. The first-order chi connectivity index (χ1) is 9.10. The fourth-order valence-electron chi connectivity index (χ4n) is 1.62. The lowest BCUT2D eigenvalue weighted by molar-refractivity contribution is 0.652. The van der Waals surface area contributed by atoms with E-state index in [1.807, 2.05) is 25.2 Å². The largest absolute Gasteiger partial charge is 0.313 e. The SMILES string of the molecule is CNC(C)c1ccc(Sc2ccc(Br)cn2)cc1Cl. The summed E-state index contributed by atoms with van der Waals surface area (Å²) in [4.78, 5) is 5.43. The van der Waals surface area contributed by atoms with Gasteiger partial charge >= 0.3 is 0 Å². The van der Waals surface area contributed by atoms with Crippen LogP contribution in [0, 0.1) is 0 Å². The zero-order valence-corrected chi connectivity index (χ0v) is 13.8. The molecule has 19 heavy (non-hydrogen) atoms. The maximum absolute atomic E-state index is 6.31. The van der Waals surface area contributed by atoms with Crippen LogP contribution in [0.4, 0.5) is 0 Å². The molecule has 1 unspecified atom stereocenters. The zero-order chi connectivity index (χ0) is 13.8. The Balaban J connectivity index is 2.18. The van der Waals surface area contributed by atoms with Crippen LogP contribution in [-0.2, 0) is 0 Å². The summed E-state index contributed by atoms with van der Waals surface area (Å²) in [5.74, 6) is 0. The first-order valence-corrected chi connectivity index (χ1v) is 7.85. The molecule has 1 atom stereocenters. The van der Waals surface area contributed by atoms with Crippen LogP contribution in [0.3, 0.4) is 0 Å². The molecule has 1 aromatic carbocycles. The maximum atomic E-state index is 6.31. The summed E-state index contributed by atoms with van der Waals surface area (Å²) < 4.78 is 0.980. The molecule has 0 spiro atoms. The lowest BCUT2D eigenvalue weighted by atomic mass is 10.1. The number of pyridine rings is 1. The molecular weight excluding hydrogens is 344 g/mol. The number of benzene rings is 1. The van der Waals surface area contributed by atoms with Gasteiger partial charge in [0.1, 0.15) is 5.03 Å². The molecule has 0 amide bonds. The van der Waals surface area contributed by atoms with Crippen LogP contribution >= 0.6 is 39.3 Å². The number of nitrogens with zero attached hydrogens (tertiary/aromatic N) is 1. The Kier molecular flexibility index (Phi) is 5.28. The van der Waals surface area contributed by atoms with Crippen molar-refractivity contribution >= 4 is 39.3 Å². The van der Waals surface area contributed by atoms with Crippen LogP contribution in [-0.4, -0.2) is 12.0 Å². The molecule has 100 valence electrons. The summed E-state index contributed by atoms with van der Waals surface area (Å²) in [6.07, 6.45) is 1.79. The van der Waals surface area contributed by atoms with Crippen molar-refractivity contribution in [2.24, 2.45) is 0 Å². The third-order valence-electron chi connectivity index (χ3n) is 2.79. The Morgan fingerprint density at radius 1 is 1.32 bits per heavy atom. The summed E-state index contributed by atoms with van der Waals surface area (Å²) >= 11 is 11.3. The molecule has 2 nitrogen and oxygen atoms in total. The highest BCUT2D eigenvalue weighted by atomic mass is 79.9. The van der Waals surface area contributed by atoms with E-state index >= 15 is 0 Å². The minimum Gasteiger partial charge on any atom is -0.313 e. The van der Waals surface area contributed by atoms with Gasteiger partial charge in [-0.05, 0) is 59.7 Å². The second kappa shape index (κ2) is 6.75. The average molecular weight is 358 g/mol. The van der Waals surface area contributed by atoms with Gasteiger partial charge in [0.15, 0.2) is 0 Å². The standard InChI is InChI=1S/C14H14BrClN2S/c1-9(17-2)12-5-4-11(7-13(12)16)19-14-6-3-10(15)8-18-14/h3-9,17H,1-2H3. The minimum absolute atomic E-state index is 0.248. The van der Waals surface area contributed by atoms with Crippen molar-refractivity contribution in [3.63, 3.8) is 0 Å². The molecule has 2 rings (SSSR count). The van der Waals surface area contributed by atoms with Crippen LogP contribution in [0.15, 0.2) is 50.9 Å². The molecule has 0 aliphatic rings. The van der Waals surface area contributed by atoms with E-state index in [2.05, 4.69) is 45.3 Å². The molecule has 0 saturated carbocycles. The van der Waals surface area contributed by atoms with Gasteiger partial charge in [-0.15, -0.1) is 0 Å². The summed E-state index contributed by atoms with van der Waals surface area (Å²) in [5.41, 5.74) is 1.11. The highest BCUT2D eigenvalue weighted by Gasteiger charge is 2.09. The minimum atomic E-state index is 0.248. The van der Waals surface area contributed by atoms with E-state index in [4.69, 9.17) is 11.6 Å². The Morgan fingerprint density at radius 3 is 2.68 bits per heavy atom. The second-order valence-electron chi connectivity index (χ2n) is 4.11. The number of hydrogen-bond donors (Lipinski definition) is 1. The van der Waals surface area contributed by atoms with Crippen molar-refractivity contribution in [2.75, 3.05) is 7.05 Å². The van der Waals surface area contributed by atoms with E-state index in [0.717, 1.165) is 25.0 Å². The van der Waals surface area contributed by atoms with Gasteiger partial charge in [0.05, 0.1) is 0 Å². The van der Waals surface area contributed by atoms with Crippen molar-refractivity contribution in [1.29, 1.82) is 0 Å². The fourth-order valence-corrected chi connectivity index (χ4v) is 3.06. The first-order valence-electron chi connectivity index (χ1n) is 5.86. The van der Waals surface area contributed by atoms with Gasteiger partial charge in [-0.25, -0.2) is 4.98 Å². The van der Waals surface area contributed by atoms with Gasteiger partial charge in [-0.3, -0.25) is 0 Å². The summed E-state index contributed by atoms with van der Waals surface area (Å²) in [6.45, 7) is 2.09. The third-order valence-corrected chi connectivity index (χ3v) is 4.53. The normalized spacial score (nSPS) is 12.4. The predicted molar refractivity (Wildman–Crippen MR) is 85.0 cm³/mol. The van der Waals surface area contributed by atoms with Gasteiger partial charge in [0.2, 0.25) is 0 Å². The summed E-state index contributed by atoms with van der Waals surface area (Å²) in [7, 11) is 1.93. The van der Waals surface area contributed by atoms with E-state index in [1.54, 1.807) is 18.0 Å². The quantitative estimate of drug-likeness (QED) is 0.840. The van der Waals surface area contributed by atoms with Crippen LogP contribution in [0.1, 0.15) is 18.5 Å². The molecule has 0 saturated heterocycles. The van der Waals surface area contributed by atoms with Crippen molar-refractivity contribution in [1.82, 2.24) is 10.3 Å². The maximum Gasteiger partial charge on any atom is 0.101 e. The van der Waals surface area contributed by atoms with Crippen molar-refractivity contribution < 1.29 is 0 Å². The van der Waals surface area contributed by atoms with E-state index in [9.17, 15) is 0 Å². The molecule has 0 radical (unpaired) electrons. The predicted octanol–water partition coefficient (Wildman–Crippen LogP) is 4.93. The second-order valence-corrected chi connectivity index (χ2v) is 6.53. The first kappa shape index (κ1) is 14.9. The molecule has 2 aromatic rings. The van der Waals surface area contributed by atoms with Crippen LogP contribution < -0.4 is 5.32 Å². The molecule has 1 heterocycles.